The van der Waals surface area contributed by atoms with Crippen LogP contribution in [-0.2, 0) is 20.7 Å². The number of rotatable bonds is 10. The zero-order chi connectivity index (χ0) is 30.5. The average Bonchev–Trinajstić information content (AvgIpc) is 3.80. The molecule has 2 unspecified atom stereocenters. The SMILES string of the molecule is Cc1ccn2c(C(C(=O)NC(C)c3ccccc3)N(CCc3nc4ccccc4o3)C(=O)C34COC(CO)(C3)C4)cnc2c1. The molecule has 10 heteroatoms. The Hall–Kier alpha value is -4.54. The standard InChI is InChI=1S/C34H35N5O5/c1-22-12-14-38-26(17-35-28(38)16-22)30(31(41)36-23(2)24-8-4-3-5-9-24)39(32(42)33-18-34(19-33,20-40)43-21-33)15-13-29-37-25-10-6-7-11-27(25)44-29/h3-12,14,16-17,23,30,40H,13,15,18-21H2,1-2H3,(H,36,41). The van der Waals surface area contributed by atoms with Gasteiger partial charge in [-0.2, -0.15) is 0 Å². The summed E-state index contributed by atoms with van der Waals surface area (Å²) in [5.74, 6) is -0.0319. The van der Waals surface area contributed by atoms with Gasteiger partial charge in [0.25, 0.3) is 0 Å². The highest BCUT2D eigenvalue weighted by Gasteiger charge is 2.67. The van der Waals surface area contributed by atoms with Crippen LogP contribution in [0.4, 0.5) is 0 Å². The van der Waals surface area contributed by atoms with E-state index >= 15 is 0 Å². The summed E-state index contributed by atoms with van der Waals surface area (Å²) in [6, 6.07) is 19.8. The molecule has 44 heavy (non-hydrogen) atoms. The number of oxazole rings is 1. The van der Waals surface area contributed by atoms with Crippen molar-refractivity contribution in [3.8, 4) is 0 Å². The van der Waals surface area contributed by atoms with Gasteiger partial charge in [-0.15, -0.1) is 0 Å². The number of nitrogens with one attached hydrogen (secondary N) is 1. The van der Waals surface area contributed by atoms with Gasteiger partial charge >= 0.3 is 0 Å². The van der Waals surface area contributed by atoms with Gasteiger partial charge in [-0.3, -0.25) is 9.59 Å². The van der Waals surface area contributed by atoms with E-state index in [-0.39, 0.29) is 37.6 Å². The van der Waals surface area contributed by atoms with Crippen molar-refractivity contribution in [3.05, 3.63) is 102 Å². The number of hydrogen-bond donors (Lipinski definition) is 2. The zero-order valence-corrected chi connectivity index (χ0v) is 24.8. The summed E-state index contributed by atoms with van der Waals surface area (Å²) in [7, 11) is 0. The van der Waals surface area contributed by atoms with Crippen LogP contribution >= 0.6 is 0 Å². The first-order chi connectivity index (χ1) is 21.3. The van der Waals surface area contributed by atoms with Crippen LogP contribution in [0.1, 0.15) is 54.6 Å². The van der Waals surface area contributed by atoms with E-state index in [9.17, 15) is 14.7 Å². The van der Waals surface area contributed by atoms with Gasteiger partial charge < -0.3 is 28.9 Å². The molecule has 2 aromatic carbocycles. The highest BCUT2D eigenvalue weighted by atomic mass is 16.5. The third-order valence-electron chi connectivity index (χ3n) is 9.08. The van der Waals surface area contributed by atoms with Gasteiger partial charge in [0.15, 0.2) is 17.5 Å². The summed E-state index contributed by atoms with van der Waals surface area (Å²) in [6.45, 7) is 4.15. The molecule has 2 atom stereocenters. The summed E-state index contributed by atoms with van der Waals surface area (Å²) in [4.78, 5) is 40.0. The van der Waals surface area contributed by atoms with Gasteiger partial charge in [0.2, 0.25) is 11.8 Å². The Labute approximate surface area is 254 Å². The van der Waals surface area contributed by atoms with Gasteiger partial charge in [0, 0.05) is 19.2 Å². The Morgan fingerprint density at radius 2 is 1.89 bits per heavy atom. The van der Waals surface area contributed by atoms with E-state index in [0.29, 0.717) is 42.1 Å². The van der Waals surface area contributed by atoms with Crippen molar-refractivity contribution in [1.29, 1.82) is 0 Å². The number of carbonyl (C=O) groups is 2. The number of imidazole rings is 1. The van der Waals surface area contributed by atoms with Crippen molar-refractivity contribution in [1.82, 2.24) is 24.6 Å². The molecule has 0 radical (unpaired) electrons. The Morgan fingerprint density at radius 1 is 1.11 bits per heavy atom. The van der Waals surface area contributed by atoms with Crippen molar-refractivity contribution in [2.24, 2.45) is 5.41 Å². The third kappa shape index (κ3) is 4.84. The Bertz CT molecular complexity index is 1810. The summed E-state index contributed by atoms with van der Waals surface area (Å²) < 4.78 is 13.8. The third-order valence-corrected chi connectivity index (χ3v) is 9.08. The monoisotopic (exact) mass is 593 g/mol. The molecule has 3 aromatic heterocycles. The van der Waals surface area contributed by atoms with Crippen LogP contribution in [0.2, 0.25) is 0 Å². The molecule has 5 aromatic rings. The number of para-hydroxylation sites is 2. The summed E-state index contributed by atoms with van der Waals surface area (Å²) >= 11 is 0. The maximum atomic E-state index is 14.6. The molecule has 2 amide bonds. The second-order valence-electron chi connectivity index (χ2n) is 12.2. The largest absolute Gasteiger partial charge is 0.441 e. The zero-order valence-electron chi connectivity index (χ0n) is 24.8. The molecule has 5 heterocycles. The van der Waals surface area contributed by atoms with E-state index in [0.717, 1.165) is 16.6 Å². The van der Waals surface area contributed by atoms with Gasteiger partial charge in [-0.25, -0.2) is 9.97 Å². The molecule has 8 rings (SSSR count). The number of aliphatic hydroxyl groups is 1. The van der Waals surface area contributed by atoms with Gasteiger partial charge in [0.05, 0.1) is 42.2 Å². The number of aryl methyl sites for hydroxylation is 1. The number of aliphatic hydroxyl groups excluding tert-OH is 1. The number of pyridine rings is 1. The Balaban J connectivity index is 1.29. The van der Waals surface area contributed by atoms with E-state index < -0.39 is 17.1 Å². The number of fused-ring (bicyclic) bond motifs is 3. The van der Waals surface area contributed by atoms with Crippen LogP contribution in [0.25, 0.3) is 16.7 Å². The second-order valence-corrected chi connectivity index (χ2v) is 12.2. The lowest BCUT2D eigenvalue weighted by Gasteiger charge is -2.45. The van der Waals surface area contributed by atoms with E-state index in [2.05, 4.69) is 15.3 Å². The Morgan fingerprint density at radius 3 is 2.64 bits per heavy atom. The number of benzene rings is 2. The molecule has 226 valence electrons. The predicted molar refractivity (Wildman–Crippen MR) is 163 cm³/mol. The molecule has 2 saturated heterocycles. The van der Waals surface area contributed by atoms with E-state index in [4.69, 9.17) is 9.15 Å². The lowest BCUT2D eigenvalue weighted by atomic mass is 9.62. The van der Waals surface area contributed by atoms with Gasteiger partial charge in [-0.05, 0) is 62.1 Å². The minimum Gasteiger partial charge on any atom is -0.441 e. The number of nitrogens with zero attached hydrogens (tertiary/aromatic N) is 4. The fourth-order valence-electron chi connectivity index (χ4n) is 6.80. The minimum atomic E-state index is -1.00. The van der Waals surface area contributed by atoms with E-state index in [1.54, 1.807) is 11.1 Å². The fraction of sp³-hybridized carbons (Fsp3) is 0.353. The van der Waals surface area contributed by atoms with Crippen molar-refractivity contribution in [2.75, 3.05) is 19.8 Å². The normalized spacial score (nSPS) is 22.1. The molecule has 2 bridgehead atoms. The number of ether oxygens (including phenoxy) is 1. The number of hydrogen-bond acceptors (Lipinski definition) is 7. The molecule has 1 aliphatic carbocycles. The average molecular weight is 594 g/mol. The predicted octanol–water partition coefficient (Wildman–Crippen LogP) is 4.32. The van der Waals surface area contributed by atoms with Crippen LogP contribution in [0.5, 0.6) is 0 Å². The maximum Gasteiger partial charge on any atom is 0.249 e. The first kappa shape index (κ1) is 28.2. The molecule has 10 nitrogen and oxygen atoms in total. The van der Waals surface area contributed by atoms with Crippen LogP contribution < -0.4 is 5.32 Å². The van der Waals surface area contributed by atoms with Crippen molar-refractivity contribution in [2.45, 2.75) is 50.8 Å². The molecule has 1 saturated carbocycles. The van der Waals surface area contributed by atoms with Crippen LogP contribution in [-0.4, -0.2) is 61.5 Å². The summed E-state index contributed by atoms with van der Waals surface area (Å²) in [5, 5.41) is 13.1. The van der Waals surface area contributed by atoms with Crippen LogP contribution in [0, 0.1) is 12.3 Å². The lowest BCUT2D eigenvalue weighted by Crippen LogP contribution is -2.57. The fourth-order valence-corrected chi connectivity index (χ4v) is 6.80. The lowest BCUT2D eigenvalue weighted by molar-refractivity contribution is -0.155. The number of carbonyl (C=O) groups excluding carboxylic acids is 2. The topological polar surface area (TPSA) is 122 Å². The van der Waals surface area contributed by atoms with Gasteiger partial charge in [0.1, 0.15) is 11.2 Å². The maximum absolute atomic E-state index is 14.6. The molecule has 0 spiro atoms. The van der Waals surface area contributed by atoms with E-state index in [1.165, 1.54) is 0 Å². The summed E-state index contributed by atoms with van der Waals surface area (Å²) in [6.07, 6.45) is 4.68. The first-order valence-corrected chi connectivity index (χ1v) is 15.0. The molecular formula is C34H35N5O5. The highest BCUT2D eigenvalue weighted by Crippen LogP contribution is 2.59. The molecule has 2 aliphatic heterocycles. The highest BCUT2D eigenvalue weighted by molar-refractivity contribution is 5.92. The number of aromatic nitrogens is 3. The molecule has 3 aliphatic rings. The van der Waals surface area contributed by atoms with E-state index in [1.807, 2.05) is 91.2 Å². The molecule has 2 N–H and O–H groups in total. The quantitative estimate of drug-likeness (QED) is 0.247. The van der Waals surface area contributed by atoms with Crippen molar-refractivity contribution >= 4 is 28.6 Å². The van der Waals surface area contributed by atoms with Crippen molar-refractivity contribution < 1.29 is 23.8 Å². The van der Waals surface area contributed by atoms with Gasteiger partial charge in [-0.1, -0.05) is 42.5 Å². The number of amides is 2. The summed E-state index contributed by atoms with van der Waals surface area (Å²) in [5.41, 5.74) is 3.14. The first-order valence-electron chi connectivity index (χ1n) is 15.0. The molecule has 3 fully saturated rings. The van der Waals surface area contributed by atoms with Crippen LogP contribution in [0.15, 0.2) is 83.5 Å². The van der Waals surface area contributed by atoms with Crippen molar-refractivity contribution in [3.63, 3.8) is 0 Å². The van der Waals surface area contributed by atoms with Crippen LogP contribution in [0.3, 0.4) is 0 Å². The Kier molecular flexibility index (Phi) is 6.98. The second kappa shape index (κ2) is 10.9. The molecular weight excluding hydrogens is 558 g/mol. The smallest absolute Gasteiger partial charge is 0.249 e. The minimum absolute atomic E-state index is 0.143.